The van der Waals surface area contributed by atoms with Crippen LogP contribution in [0, 0.1) is 0 Å². The van der Waals surface area contributed by atoms with E-state index in [0.29, 0.717) is 0 Å². The average Bonchev–Trinajstić information content (AvgIpc) is 3.38. The first-order valence-corrected chi connectivity index (χ1v) is 22.2. The zero-order valence-electron chi connectivity index (χ0n) is 35.6. The Morgan fingerprint density at radius 2 is 0.723 bits per heavy atom. The van der Waals surface area contributed by atoms with Crippen LogP contribution in [0.15, 0.2) is 255 Å². The molecule has 0 atom stereocenters. The molecule has 0 radical (unpaired) electrons. The van der Waals surface area contributed by atoms with Gasteiger partial charge >= 0.3 is 0 Å². The molecule has 11 aromatic carbocycles. The topological polar surface area (TPSA) is 15.7 Å². The van der Waals surface area contributed by atoms with Crippen molar-refractivity contribution in [3.05, 3.63) is 255 Å². The van der Waals surface area contributed by atoms with E-state index in [9.17, 15) is 0 Å². The smallest absolute Gasteiger partial charge is 0.137 e. The van der Waals surface area contributed by atoms with Crippen molar-refractivity contribution in [2.24, 2.45) is 0 Å². The minimum atomic E-state index is 0.824. The first-order valence-electron chi connectivity index (χ1n) is 22.2. The van der Waals surface area contributed by atoms with Crippen molar-refractivity contribution in [2.75, 3.05) is 9.80 Å². The number of rotatable bonds is 9. The number of nitrogens with zero attached hydrogens (tertiary/aromatic N) is 2. The maximum atomic E-state index is 6.99. The number of ether oxygens (including phenoxy) is 1. The molecule has 0 aromatic heterocycles. The Morgan fingerprint density at radius 1 is 0.262 bits per heavy atom. The minimum Gasteiger partial charge on any atom is -0.456 e. The molecule has 0 fully saturated rings. The van der Waals surface area contributed by atoms with Gasteiger partial charge in [0.25, 0.3) is 0 Å². The highest BCUT2D eigenvalue weighted by Gasteiger charge is 2.26. The summed E-state index contributed by atoms with van der Waals surface area (Å²) >= 11 is 0. The molecule has 3 heteroatoms. The third-order valence-corrected chi connectivity index (χ3v) is 12.6. The maximum absolute atomic E-state index is 6.99. The summed E-state index contributed by atoms with van der Waals surface area (Å²) in [5.74, 6) is 1.66. The summed E-state index contributed by atoms with van der Waals surface area (Å²) in [6.45, 7) is 0. The lowest BCUT2D eigenvalue weighted by atomic mass is 9.93. The van der Waals surface area contributed by atoms with Crippen molar-refractivity contribution in [3.8, 4) is 56.0 Å². The van der Waals surface area contributed by atoms with Gasteiger partial charge < -0.3 is 14.5 Å². The highest BCUT2D eigenvalue weighted by Crippen LogP contribution is 2.52. The van der Waals surface area contributed by atoms with Crippen LogP contribution in [0.2, 0.25) is 0 Å². The van der Waals surface area contributed by atoms with Gasteiger partial charge in [-0.2, -0.15) is 0 Å². The average molecular weight is 831 g/mol. The number of anilines is 6. The second kappa shape index (κ2) is 16.2. The van der Waals surface area contributed by atoms with Gasteiger partial charge in [-0.05, 0) is 123 Å². The van der Waals surface area contributed by atoms with E-state index >= 15 is 0 Å². The Labute approximate surface area is 379 Å². The summed E-state index contributed by atoms with van der Waals surface area (Å²) in [6, 6.07) is 91.1. The Hall–Kier alpha value is -8.66. The number of benzene rings is 11. The number of hydrogen-bond acceptors (Lipinski definition) is 3. The van der Waals surface area contributed by atoms with Crippen LogP contribution in [0.1, 0.15) is 0 Å². The van der Waals surface area contributed by atoms with Gasteiger partial charge in [-0.25, -0.2) is 0 Å². The van der Waals surface area contributed by atoms with E-state index in [4.69, 9.17) is 4.74 Å². The quantitative estimate of drug-likeness (QED) is 0.144. The second-order valence-electron chi connectivity index (χ2n) is 16.5. The van der Waals surface area contributed by atoms with Crippen LogP contribution in [0.3, 0.4) is 0 Å². The third kappa shape index (κ3) is 7.06. The molecule has 3 nitrogen and oxygen atoms in total. The predicted molar refractivity (Wildman–Crippen MR) is 273 cm³/mol. The predicted octanol–water partition coefficient (Wildman–Crippen LogP) is 17.7. The van der Waals surface area contributed by atoms with Crippen LogP contribution in [-0.2, 0) is 0 Å². The molecule has 1 aliphatic rings. The summed E-state index contributed by atoms with van der Waals surface area (Å²) in [5, 5.41) is 4.62. The molecule has 0 bridgehead atoms. The van der Waals surface area contributed by atoms with Crippen molar-refractivity contribution >= 4 is 55.7 Å². The fourth-order valence-corrected chi connectivity index (χ4v) is 9.43. The van der Waals surface area contributed by atoms with Gasteiger partial charge in [-0.1, -0.05) is 176 Å². The van der Waals surface area contributed by atoms with Crippen molar-refractivity contribution < 1.29 is 4.74 Å². The Balaban J connectivity index is 0.960. The molecule has 0 N–H and O–H groups in total. The molecule has 12 rings (SSSR count). The minimum absolute atomic E-state index is 0.824. The maximum Gasteiger partial charge on any atom is 0.137 e. The van der Waals surface area contributed by atoms with E-state index in [0.717, 1.165) is 67.5 Å². The molecule has 0 amide bonds. The molecule has 1 heterocycles. The SMILES string of the molecule is c1ccc(-c2ccc(N(c3ccc(-c4ccccc4)cc3)c3ccc4c(c3)Oc3ccc(N(c5ccc(-c6ccccc6)cc5)c5ccc6ccccc6c5)c5cccc-4c35)cc2)cc1. The van der Waals surface area contributed by atoms with Gasteiger partial charge in [0.2, 0.25) is 0 Å². The Kier molecular flexibility index (Phi) is 9.50. The largest absolute Gasteiger partial charge is 0.456 e. The van der Waals surface area contributed by atoms with Crippen molar-refractivity contribution in [3.63, 3.8) is 0 Å². The highest BCUT2D eigenvalue weighted by molar-refractivity contribution is 6.11. The van der Waals surface area contributed by atoms with E-state index in [2.05, 4.69) is 265 Å². The first kappa shape index (κ1) is 38.0. The molecule has 0 spiro atoms. The zero-order valence-corrected chi connectivity index (χ0v) is 35.6. The van der Waals surface area contributed by atoms with Gasteiger partial charge in [0.15, 0.2) is 0 Å². The van der Waals surface area contributed by atoms with Crippen LogP contribution in [0.25, 0.3) is 66.1 Å². The van der Waals surface area contributed by atoms with E-state index in [-0.39, 0.29) is 0 Å². The molecular weight excluding hydrogens is 789 g/mol. The fraction of sp³-hybridized carbons (Fsp3) is 0. The Bertz CT molecular complexity index is 3390. The monoisotopic (exact) mass is 830 g/mol. The van der Waals surface area contributed by atoms with Crippen molar-refractivity contribution in [1.29, 1.82) is 0 Å². The third-order valence-electron chi connectivity index (χ3n) is 12.6. The van der Waals surface area contributed by atoms with Gasteiger partial charge in [0.1, 0.15) is 11.5 Å². The van der Waals surface area contributed by atoms with Crippen molar-refractivity contribution in [1.82, 2.24) is 0 Å². The van der Waals surface area contributed by atoms with Gasteiger partial charge in [-0.3, -0.25) is 0 Å². The molecule has 1 aliphatic heterocycles. The fourth-order valence-electron chi connectivity index (χ4n) is 9.43. The molecule has 0 unspecified atom stereocenters. The van der Waals surface area contributed by atoms with Crippen LogP contribution in [0.5, 0.6) is 11.5 Å². The lowest BCUT2D eigenvalue weighted by Crippen LogP contribution is -2.12. The summed E-state index contributed by atoms with van der Waals surface area (Å²) in [5.41, 5.74) is 15.7. The normalized spacial score (nSPS) is 11.5. The summed E-state index contributed by atoms with van der Waals surface area (Å²) in [7, 11) is 0. The second-order valence-corrected chi connectivity index (χ2v) is 16.5. The highest BCUT2D eigenvalue weighted by atomic mass is 16.5. The van der Waals surface area contributed by atoms with E-state index in [1.165, 1.54) is 44.2 Å². The van der Waals surface area contributed by atoms with E-state index in [1.54, 1.807) is 0 Å². The lowest BCUT2D eigenvalue weighted by Gasteiger charge is -2.30. The molecule has 11 aromatic rings. The zero-order chi connectivity index (χ0) is 43.1. The molecule has 0 saturated carbocycles. The summed E-state index contributed by atoms with van der Waals surface area (Å²) in [4.78, 5) is 4.70. The van der Waals surface area contributed by atoms with E-state index in [1.807, 2.05) is 0 Å². The number of fused-ring (bicyclic) bond motifs is 3. The van der Waals surface area contributed by atoms with Crippen LogP contribution in [0.4, 0.5) is 34.1 Å². The summed E-state index contributed by atoms with van der Waals surface area (Å²) < 4.78 is 6.99. The lowest BCUT2D eigenvalue weighted by molar-refractivity contribution is 0.487. The van der Waals surface area contributed by atoms with Crippen LogP contribution in [-0.4, -0.2) is 0 Å². The standard InChI is InChI=1S/C62H42N2O/c1-4-13-43(14-5-1)47-23-30-51(31-24-47)63(52-32-25-48(26-33-52)44-15-6-2-7-16-44)55-37-38-56-57-21-12-22-58-59(39-40-60(62(57)58)65-61(56)42-55)64(54-36-29-46-19-10-11-20-50(46)41-54)53-34-27-49(28-35-53)45-17-8-3-9-18-45/h1-42H. The number of hydrogen-bond donors (Lipinski definition) is 0. The van der Waals surface area contributed by atoms with Gasteiger partial charge in [0.05, 0.1) is 5.69 Å². The molecule has 65 heavy (non-hydrogen) atoms. The Morgan fingerprint density at radius 3 is 1.29 bits per heavy atom. The van der Waals surface area contributed by atoms with Crippen molar-refractivity contribution in [2.45, 2.75) is 0 Å². The van der Waals surface area contributed by atoms with Crippen LogP contribution >= 0.6 is 0 Å². The first-order chi connectivity index (χ1) is 32.2. The molecular formula is C62H42N2O. The molecule has 0 saturated heterocycles. The van der Waals surface area contributed by atoms with Gasteiger partial charge in [0, 0.05) is 50.8 Å². The summed E-state index contributed by atoms with van der Waals surface area (Å²) in [6.07, 6.45) is 0. The van der Waals surface area contributed by atoms with E-state index < -0.39 is 0 Å². The molecule has 306 valence electrons. The molecule has 0 aliphatic carbocycles. The van der Waals surface area contributed by atoms with Crippen LogP contribution < -0.4 is 14.5 Å². The van der Waals surface area contributed by atoms with Gasteiger partial charge in [-0.15, -0.1) is 0 Å².